The van der Waals surface area contributed by atoms with Crippen molar-refractivity contribution in [3.63, 3.8) is 0 Å². The van der Waals surface area contributed by atoms with E-state index in [1.165, 1.54) is 14.2 Å². The van der Waals surface area contributed by atoms with Gasteiger partial charge in [0.1, 0.15) is 17.9 Å². The van der Waals surface area contributed by atoms with Gasteiger partial charge in [-0.05, 0) is 90.1 Å². The van der Waals surface area contributed by atoms with E-state index in [0.717, 1.165) is 65.3 Å². The first-order valence-electron chi connectivity index (χ1n) is 19.7. The van der Waals surface area contributed by atoms with Crippen molar-refractivity contribution in [3.05, 3.63) is 78.2 Å². The largest absolute Gasteiger partial charge is 0.453 e. The van der Waals surface area contributed by atoms with Crippen molar-refractivity contribution >= 4 is 108 Å². The molecule has 0 unspecified atom stereocenters. The number of fused-ring (bicyclic) bond motifs is 1. The number of hydrogen-bond acceptors (Lipinski definition) is 8. The number of H-pyrrole nitrogens is 1. The van der Waals surface area contributed by atoms with Gasteiger partial charge in [-0.2, -0.15) is 67.5 Å². The number of alkyl carbamates (subject to hydrolysis) is 2. The van der Waals surface area contributed by atoms with Crippen LogP contribution >= 0.6 is 67.5 Å². The molecule has 2 aliphatic rings. The number of nitrogens with one attached hydrogen (secondary N) is 5. The minimum atomic E-state index is -0.757. The second kappa shape index (κ2) is 25.2. The molecule has 6 rings (SSSR count). The summed E-state index contributed by atoms with van der Waals surface area (Å²) in [6, 6.07) is 17.7. The molecular weight excluding hydrogens is 887 g/mol. The lowest BCUT2D eigenvalue weighted by Gasteiger charge is -2.30. The third-order valence-corrected chi connectivity index (χ3v) is 11.0. The van der Waals surface area contributed by atoms with Gasteiger partial charge in [0, 0.05) is 29.8 Å². The molecule has 14 nitrogen and oxygen atoms in total. The number of imidazole rings is 1. The first-order chi connectivity index (χ1) is 27.4. The Hall–Kier alpha value is -4.17. The normalized spacial score (nSPS) is 17.4. The third-order valence-electron chi connectivity index (χ3n) is 11.0. The number of methoxy groups -OCH3 is 2. The zero-order chi connectivity index (χ0) is 40.8. The van der Waals surface area contributed by atoms with Crippen LogP contribution < -0.4 is 21.3 Å². The van der Waals surface area contributed by atoms with Gasteiger partial charge >= 0.3 is 12.2 Å². The zero-order valence-electron chi connectivity index (χ0n) is 35.9. The van der Waals surface area contributed by atoms with Crippen molar-refractivity contribution in [1.82, 2.24) is 36.1 Å². The number of hydrogen-bond donors (Lipinski definition) is 5. The number of likely N-dealkylation sites (tertiary alicyclic amines) is 1. The van der Waals surface area contributed by atoms with Crippen molar-refractivity contribution < 1.29 is 33.4 Å². The Bertz CT molecular complexity index is 2140. The number of aromatic amines is 1. The number of carbonyl (C=O) groups excluding carboxylic acids is 5. The van der Waals surface area contributed by atoms with Crippen LogP contribution in [0.15, 0.2) is 66.9 Å². The van der Waals surface area contributed by atoms with E-state index in [1.54, 1.807) is 17.2 Å². The Morgan fingerprint density at radius 1 is 0.694 bits per heavy atom. The van der Waals surface area contributed by atoms with Crippen LogP contribution in [0.5, 0.6) is 0 Å². The van der Waals surface area contributed by atoms with Crippen LogP contribution in [0, 0.1) is 11.8 Å². The summed E-state index contributed by atoms with van der Waals surface area (Å²) < 4.78 is 9.45. The number of rotatable bonds is 12. The fourth-order valence-electron chi connectivity index (χ4n) is 7.83. The topological polar surface area (TPSA) is 184 Å². The van der Waals surface area contributed by atoms with Crippen molar-refractivity contribution in [1.29, 1.82) is 0 Å². The molecule has 2 fully saturated rings. The van der Waals surface area contributed by atoms with Crippen LogP contribution in [0.4, 0.5) is 9.59 Å². The van der Waals surface area contributed by atoms with Crippen LogP contribution in [0.2, 0.25) is 0 Å². The monoisotopic (exact) mass is 949 g/mol. The van der Waals surface area contributed by atoms with E-state index in [0.29, 0.717) is 17.9 Å². The summed E-state index contributed by atoms with van der Waals surface area (Å²) in [7, 11) is 2.54. The molecule has 5 N–H and O–H groups in total. The molecule has 1 saturated carbocycles. The second-order valence-corrected chi connectivity index (χ2v) is 15.6. The van der Waals surface area contributed by atoms with Gasteiger partial charge in [-0.25, -0.2) is 14.6 Å². The van der Waals surface area contributed by atoms with E-state index < -0.39 is 24.3 Å². The minimum Gasteiger partial charge on any atom is -0.453 e. The SMILES string of the molecule is COC(=O)N[C@H](C(=O)N[C@H]1CCC[C@@H]1NC(=O)c1cccc(-c2ccc3cc(-c4cnc([C@@H]5CCCN5C(=O)[C@@H](NC(=O)OC)C(C)C)[nH]4)ccc3c2)c1)C(C)C.S.S.S.S.S. The van der Waals surface area contributed by atoms with Crippen LogP contribution in [0.25, 0.3) is 33.2 Å². The van der Waals surface area contributed by atoms with Gasteiger partial charge in [-0.15, -0.1) is 0 Å². The summed E-state index contributed by atoms with van der Waals surface area (Å²) in [5, 5.41) is 13.5. The van der Waals surface area contributed by atoms with E-state index in [9.17, 15) is 24.0 Å². The summed E-state index contributed by atoms with van der Waals surface area (Å²) in [4.78, 5) is 73.9. The Morgan fingerprint density at radius 3 is 1.87 bits per heavy atom. The maximum Gasteiger partial charge on any atom is 0.407 e. The molecule has 1 aliphatic carbocycles. The highest BCUT2D eigenvalue weighted by molar-refractivity contribution is 7.60. The molecule has 5 amide bonds. The molecule has 4 aromatic rings. The predicted octanol–water partition coefficient (Wildman–Crippen LogP) is 6.65. The third kappa shape index (κ3) is 13.2. The van der Waals surface area contributed by atoms with Crippen molar-refractivity contribution in [3.8, 4) is 22.4 Å². The summed E-state index contributed by atoms with van der Waals surface area (Å²) >= 11 is 0. The highest BCUT2D eigenvalue weighted by atomic mass is 32.1. The fraction of sp³-hybridized carbons (Fsp3) is 0.442. The average molecular weight is 950 g/mol. The number of ether oxygens (including phenoxy) is 2. The number of carbonyl (C=O) groups is 5. The zero-order valence-corrected chi connectivity index (χ0v) is 40.9. The Balaban J connectivity index is 0.00000384. The van der Waals surface area contributed by atoms with E-state index in [4.69, 9.17) is 9.47 Å². The van der Waals surface area contributed by atoms with Gasteiger partial charge in [0.15, 0.2) is 0 Å². The first kappa shape index (κ1) is 55.8. The Kier molecular flexibility index (Phi) is 22.7. The van der Waals surface area contributed by atoms with E-state index in [2.05, 4.69) is 55.5 Å². The highest BCUT2D eigenvalue weighted by Gasteiger charge is 2.38. The van der Waals surface area contributed by atoms with Crippen LogP contribution in [-0.4, -0.2) is 89.7 Å². The highest BCUT2D eigenvalue weighted by Crippen LogP contribution is 2.34. The number of benzene rings is 3. The molecular formula is C43H63N7O7S5. The lowest BCUT2D eigenvalue weighted by atomic mass is 9.98. The molecule has 1 aromatic heterocycles. The maximum atomic E-state index is 13.6. The molecule has 342 valence electrons. The van der Waals surface area contributed by atoms with E-state index in [1.807, 2.05) is 58.0 Å². The Labute approximate surface area is 398 Å². The summed E-state index contributed by atoms with van der Waals surface area (Å²) in [5.41, 5.74) is 4.17. The van der Waals surface area contributed by atoms with Gasteiger partial charge in [0.2, 0.25) is 11.8 Å². The van der Waals surface area contributed by atoms with Gasteiger partial charge in [-0.3, -0.25) is 14.4 Å². The van der Waals surface area contributed by atoms with Crippen molar-refractivity contribution in [2.45, 2.75) is 90.0 Å². The number of amides is 5. The predicted molar refractivity (Wildman–Crippen MR) is 268 cm³/mol. The summed E-state index contributed by atoms with van der Waals surface area (Å²) in [6.45, 7) is 8.06. The van der Waals surface area contributed by atoms with Gasteiger partial charge < -0.3 is 40.6 Å². The second-order valence-electron chi connectivity index (χ2n) is 15.6. The smallest absolute Gasteiger partial charge is 0.407 e. The standard InChI is InChI=1S/C43H53N7O7.5H2S/c1-24(2)36(48-42(54)56-5)40(52)47-33-13-8-12-32(33)46-39(51)31-11-7-10-26(22-31)27-15-16-29-21-30(18-17-28(29)20-27)34-23-44-38(45-34)35-14-9-19-50(35)41(53)37(25(3)4)49-43(55)57-6;;;;;/h7,10-11,15-18,20-25,32-33,35-37H,8-9,12-14,19H2,1-6H3,(H,44,45)(H,46,51)(H,47,52)(H,48,54)(H,49,55);5*1H2/t32-,33-,35-,36-,37-;;;;;/m0...../s1. The number of aromatic nitrogens is 2. The van der Waals surface area contributed by atoms with E-state index in [-0.39, 0.29) is 115 Å². The van der Waals surface area contributed by atoms with E-state index >= 15 is 0 Å². The summed E-state index contributed by atoms with van der Waals surface area (Å²) in [5.74, 6) is -0.246. The lowest BCUT2D eigenvalue weighted by Crippen LogP contribution is -2.55. The van der Waals surface area contributed by atoms with Gasteiger partial charge in [-0.1, -0.05) is 64.1 Å². The first-order valence-corrected chi connectivity index (χ1v) is 19.7. The molecule has 0 bridgehead atoms. The van der Waals surface area contributed by atoms with Gasteiger partial charge in [0.25, 0.3) is 5.91 Å². The number of nitrogens with zero attached hydrogens (tertiary/aromatic N) is 2. The van der Waals surface area contributed by atoms with Crippen molar-refractivity contribution in [2.75, 3.05) is 20.8 Å². The van der Waals surface area contributed by atoms with Crippen molar-refractivity contribution in [2.24, 2.45) is 11.8 Å². The molecule has 1 aliphatic heterocycles. The molecule has 0 radical (unpaired) electrons. The maximum absolute atomic E-state index is 13.6. The Morgan fingerprint density at radius 2 is 1.26 bits per heavy atom. The lowest BCUT2D eigenvalue weighted by molar-refractivity contribution is -0.135. The molecule has 19 heteroatoms. The van der Waals surface area contributed by atoms with Crippen LogP contribution in [0.1, 0.15) is 82.0 Å². The van der Waals surface area contributed by atoms with Gasteiger partial charge in [0.05, 0.1) is 32.2 Å². The molecule has 0 spiro atoms. The van der Waals surface area contributed by atoms with Crippen LogP contribution in [-0.2, 0) is 19.1 Å². The summed E-state index contributed by atoms with van der Waals surface area (Å²) in [6.07, 6.45) is 4.39. The molecule has 2 heterocycles. The molecule has 1 saturated heterocycles. The molecule has 62 heavy (non-hydrogen) atoms. The fourth-order valence-corrected chi connectivity index (χ4v) is 7.83. The van der Waals surface area contributed by atoms with Crippen LogP contribution in [0.3, 0.4) is 0 Å². The molecule has 3 aromatic carbocycles. The molecule has 5 atom stereocenters. The quantitative estimate of drug-likeness (QED) is 0.105. The minimum absolute atomic E-state index is 0. The average Bonchev–Trinajstić information content (AvgIpc) is 4.00.